The molecule has 3 heteroatoms. The van der Waals surface area contributed by atoms with Crippen LogP contribution in [0.4, 0.5) is 0 Å². The second kappa shape index (κ2) is 8.17. The topological polar surface area (TPSA) is 32.3 Å². The fourth-order valence-electron chi connectivity index (χ4n) is 4.09. The van der Waals surface area contributed by atoms with Crippen molar-refractivity contribution in [2.24, 2.45) is 11.8 Å². The Hall–Kier alpha value is -0.570. The Labute approximate surface area is 130 Å². The molecule has 1 aliphatic carbocycles. The Morgan fingerprint density at radius 2 is 1.86 bits per heavy atom. The first-order chi connectivity index (χ1) is 10.1. The summed E-state index contributed by atoms with van der Waals surface area (Å²) in [5, 5.41) is 3.88. The molecule has 2 unspecified atom stereocenters. The van der Waals surface area contributed by atoms with Gasteiger partial charge in [0, 0.05) is 31.1 Å². The van der Waals surface area contributed by atoms with E-state index in [2.05, 4.69) is 17.1 Å². The molecule has 1 saturated heterocycles. The number of hydrogen-bond donors (Lipinski definition) is 1. The van der Waals surface area contributed by atoms with E-state index < -0.39 is 0 Å². The van der Waals surface area contributed by atoms with Gasteiger partial charge in [-0.05, 0) is 31.6 Å². The molecule has 2 rings (SSSR count). The molecule has 0 aromatic heterocycles. The lowest BCUT2D eigenvalue weighted by molar-refractivity contribution is -0.137. The second-order valence-electron chi connectivity index (χ2n) is 7.49. The van der Waals surface area contributed by atoms with Crippen LogP contribution in [-0.4, -0.2) is 36.0 Å². The summed E-state index contributed by atoms with van der Waals surface area (Å²) in [5.74, 6) is 1.15. The molecule has 0 bridgehead atoms. The van der Waals surface area contributed by atoms with Gasteiger partial charge in [-0.1, -0.05) is 46.5 Å². The first-order valence-corrected chi connectivity index (χ1v) is 9.15. The third-order valence-electron chi connectivity index (χ3n) is 5.12. The van der Waals surface area contributed by atoms with Gasteiger partial charge in [-0.15, -0.1) is 0 Å². The molecule has 1 heterocycles. The van der Waals surface area contributed by atoms with E-state index in [0.717, 1.165) is 13.1 Å². The Balaban J connectivity index is 1.93. The highest BCUT2D eigenvalue weighted by Gasteiger charge is 2.31. The zero-order valence-electron chi connectivity index (χ0n) is 14.2. The van der Waals surface area contributed by atoms with E-state index in [9.17, 15) is 4.79 Å². The minimum atomic E-state index is 0.126. The molecule has 2 aliphatic rings. The maximum atomic E-state index is 12.4. The van der Waals surface area contributed by atoms with E-state index in [4.69, 9.17) is 0 Å². The van der Waals surface area contributed by atoms with Crippen LogP contribution in [-0.2, 0) is 4.79 Å². The van der Waals surface area contributed by atoms with Crippen molar-refractivity contribution < 1.29 is 4.79 Å². The summed E-state index contributed by atoms with van der Waals surface area (Å²) in [7, 11) is 0. The third-order valence-corrected chi connectivity index (χ3v) is 5.12. The van der Waals surface area contributed by atoms with Crippen LogP contribution >= 0.6 is 0 Å². The third kappa shape index (κ3) is 4.98. The van der Waals surface area contributed by atoms with Crippen molar-refractivity contribution in [1.29, 1.82) is 0 Å². The van der Waals surface area contributed by atoms with Gasteiger partial charge in [0.15, 0.2) is 0 Å². The van der Waals surface area contributed by atoms with Crippen molar-refractivity contribution in [1.82, 2.24) is 10.2 Å². The smallest absolute Gasteiger partial charge is 0.225 e. The van der Waals surface area contributed by atoms with Gasteiger partial charge in [0.1, 0.15) is 0 Å². The van der Waals surface area contributed by atoms with Crippen LogP contribution in [0.2, 0.25) is 0 Å². The summed E-state index contributed by atoms with van der Waals surface area (Å²) in [6.07, 6.45) is 10.5. The predicted octanol–water partition coefficient (Wildman–Crippen LogP) is 3.58. The standard InChI is InChI=1S/C18H34N2O/c1-4-8-15-11-17(19-16-9-6-5-7-10-16)13-20(12-15)18(21)14(2)3/h14-17,19H,4-13H2,1-3H3. The number of amides is 1. The molecular formula is C18H34N2O. The van der Waals surface area contributed by atoms with Crippen LogP contribution < -0.4 is 5.32 Å². The van der Waals surface area contributed by atoms with E-state index >= 15 is 0 Å². The zero-order valence-corrected chi connectivity index (χ0v) is 14.2. The van der Waals surface area contributed by atoms with Crippen molar-refractivity contribution in [3.8, 4) is 0 Å². The Morgan fingerprint density at radius 3 is 2.48 bits per heavy atom. The summed E-state index contributed by atoms with van der Waals surface area (Å²) >= 11 is 0. The maximum absolute atomic E-state index is 12.4. The first-order valence-electron chi connectivity index (χ1n) is 9.15. The van der Waals surface area contributed by atoms with Crippen molar-refractivity contribution in [3.05, 3.63) is 0 Å². The lowest BCUT2D eigenvalue weighted by Gasteiger charge is -2.41. The summed E-state index contributed by atoms with van der Waals surface area (Å²) < 4.78 is 0. The number of hydrogen-bond acceptors (Lipinski definition) is 2. The summed E-state index contributed by atoms with van der Waals surface area (Å²) in [5.41, 5.74) is 0. The van der Waals surface area contributed by atoms with Crippen LogP contribution in [0.3, 0.4) is 0 Å². The molecule has 0 spiro atoms. The summed E-state index contributed by atoms with van der Waals surface area (Å²) in [6.45, 7) is 8.21. The molecule has 0 aromatic rings. The van der Waals surface area contributed by atoms with Crippen molar-refractivity contribution >= 4 is 5.91 Å². The number of rotatable bonds is 5. The average molecular weight is 294 g/mol. The van der Waals surface area contributed by atoms with Crippen LogP contribution in [0.5, 0.6) is 0 Å². The molecule has 1 aliphatic heterocycles. The molecule has 122 valence electrons. The van der Waals surface area contributed by atoms with Gasteiger partial charge < -0.3 is 10.2 Å². The number of piperidine rings is 1. The van der Waals surface area contributed by atoms with Gasteiger partial charge >= 0.3 is 0 Å². The van der Waals surface area contributed by atoms with Crippen molar-refractivity contribution in [2.45, 2.75) is 84.2 Å². The van der Waals surface area contributed by atoms with Crippen LogP contribution in [0.1, 0.15) is 72.1 Å². The molecule has 3 nitrogen and oxygen atoms in total. The molecule has 2 fully saturated rings. The number of nitrogens with zero attached hydrogens (tertiary/aromatic N) is 1. The zero-order chi connectivity index (χ0) is 15.2. The highest BCUT2D eigenvalue weighted by Crippen LogP contribution is 2.25. The number of nitrogens with one attached hydrogen (secondary N) is 1. The first kappa shape index (κ1) is 16.8. The van der Waals surface area contributed by atoms with Gasteiger partial charge in [-0.3, -0.25) is 4.79 Å². The monoisotopic (exact) mass is 294 g/mol. The normalized spacial score (nSPS) is 28.1. The maximum Gasteiger partial charge on any atom is 0.225 e. The minimum Gasteiger partial charge on any atom is -0.341 e. The Bertz CT molecular complexity index is 323. The molecule has 1 N–H and O–H groups in total. The molecule has 2 atom stereocenters. The molecule has 1 saturated carbocycles. The highest BCUT2D eigenvalue weighted by molar-refractivity contribution is 5.78. The van der Waals surface area contributed by atoms with Gasteiger partial charge in [0.25, 0.3) is 0 Å². The SMILES string of the molecule is CCCC1CC(NC2CCCCC2)CN(C(=O)C(C)C)C1. The number of carbonyl (C=O) groups excluding carboxylic acids is 1. The van der Waals surface area contributed by atoms with Crippen LogP contribution in [0, 0.1) is 11.8 Å². The number of likely N-dealkylation sites (tertiary alicyclic amines) is 1. The lowest BCUT2D eigenvalue weighted by atomic mass is 9.88. The van der Waals surface area contributed by atoms with E-state index in [1.54, 1.807) is 0 Å². The highest BCUT2D eigenvalue weighted by atomic mass is 16.2. The molecule has 1 amide bonds. The predicted molar refractivity (Wildman–Crippen MR) is 88.2 cm³/mol. The van der Waals surface area contributed by atoms with E-state index in [-0.39, 0.29) is 5.92 Å². The minimum absolute atomic E-state index is 0.126. The van der Waals surface area contributed by atoms with Crippen molar-refractivity contribution in [3.63, 3.8) is 0 Å². The fraction of sp³-hybridized carbons (Fsp3) is 0.944. The average Bonchev–Trinajstić information content (AvgIpc) is 2.47. The summed E-state index contributed by atoms with van der Waals surface area (Å²) in [4.78, 5) is 14.5. The van der Waals surface area contributed by atoms with Crippen LogP contribution in [0.25, 0.3) is 0 Å². The van der Waals surface area contributed by atoms with Gasteiger partial charge in [0.2, 0.25) is 5.91 Å². The van der Waals surface area contributed by atoms with E-state index in [0.29, 0.717) is 23.9 Å². The molecule has 21 heavy (non-hydrogen) atoms. The van der Waals surface area contributed by atoms with Gasteiger partial charge in [0.05, 0.1) is 0 Å². The Kier molecular flexibility index (Phi) is 6.53. The van der Waals surface area contributed by atoms with Gasteiger partial charge in [-0.25, -0.2) is 0 Å². The number of carbonyl (C=O) groups is 1. The Morgan fingerprint density at radius 1 is 1.14 bits per heavy atom. The van der Waals surface area contributed by atoms with Crippen LogP contribution in [0.15, 0.2) is 0 Å². The van der Waals surface area contributed by atoms with E-state index in [1.807, 2.05) is 13.8 Å². The molecular weight excluding hydrogens is 260 g/mol. The van der Waals surface area contributed by atoms with Gasteiger partial charge in [-0.2, -0.15) is 0 Å². The van der Waals surface area contributed by atoms with Crippen molar-refractivity contribution in [2.75, 3.05) is 13.1 Å². The lowest BCUT2D eigenvalue weighted by Crippen LogP contribution is -2.54. The molecule has 0 aromatic carbocycles. The molecule has 0 radical (unpaired) electrons. The largest absolute Gasteiger partial charge is 0.341 e. The second-order valence-corrected chi connectivity index (χ2v) is 7.49. The fourth-order valence-corrected chi connectivity index (χ4v) is 4.09. The quantitative estimate of drug-likeness (QED) is 0.840. The summed E-state index contributed by atoms with van der Waals surface area (Å²) in [6, 6.07) is 1.21. The van der Waals surface area contributed by atoms with E-state index in [1.165, 1.54) is 51.4 Å².